The van der Waals surface area contributed by atoms with E-state index in [2.05, 4.69) is 10.2 Å². The second-order valence-electron chi connectivity index (χ2n) is 9.98. The Bertz CT molecular complexity index is 1670. The van der Waals surface area contributed by atoms with Gasteiger partial charge in [-0.25, -0.2) is 4.98 Å². The van der Waals surface area contributed by atoms with Gasteiger partial charge in [-0.15, -0.1) is 0 Å². The maximum absolute atomic E-state index is 14.1. The number of nitrogens with one attached hydrogen (secondary N) is 1. The predicted molar refractivity (Wildman–Crippen MR) is 162 cm³/mol. The second kappa shape index (κ2) is 12.3. The maximum Gasteiger partial charge on any atom is 0.262 e. The largest absolute Gasteiger partial charge is 0.495 e. The fraction of sp³-hybridized carbons (Fsp3) is 0.323. The van der Waals surface area contributed by atoms with Crippen molar-refractivity contribution in [2.75, 3.05) is 50.4 Å². The SMILES string of the molecule is CC[C@H](Sc1nc2ccc(N3CCOCC3)cc2c(=O)n1Cc1ccc2c(c1)OCO2)C(=O)Nc1ccccc1OC. The zero-order chi connectivity index (χ0) is 29.1. The lowest BCUT2D eigenvalue weighted by Gasteiger charge is -2.29. The van der Waals surface area contributed by atoms with E-state index < -0.39 is 5.25 Å². The van der Waals surface area contributed by atoms with Gasteiger partial charge in [0.1, 0.15) is 5.75 Å². The first-order chi connectivity index (χ1) is 20.5. The Balaban J connectivity index is 1.37. The highest BCUT2D eigenvalue weighted by molar-refractivity contribution is 8.00. The molecule has 10 nitrogen and oxygen atoms in total. The van der Waals surface area contributed by atoms with Gasteiger partial charge < -0.3 is 29.2 Å². The number of hydrogen-bond acceptors (Lipinski definition) is 9. The summed E-state index contributed by atoms with van der Waals surface area (Å²) in [5.74, 6) is 1.69. The number of methoxy groups -OCH3 is 1. The van der Waals surface area contributed by atoms with Gasteiger partial charge in [0.05, 0.1) is 48.7 Å². The molecule has 42 heavy (non-hydrogen) atoms. The number of hydrogen-bond donors (Lipinski definition) is 1. The number of thioether (sulfide) groups is 1. The minimum Gasteiger partial charge on any atom is -0.495 e. The number of ether oxygens (including phenoxy) is 4. The minimum atomic E-state index is -0.505. The zero-order valence-electron chi connectivity index (χ0n) is 23.5. The third-order valence-corrected chi connectivity index (χ3v) is 8.69. The molecule has 4 aromatic rings. The standard InChI is InChI=1S/C31H32N4O6S/c1-3-28(29(36)32-24-6-4-5-7-25(24)38-2)42-31-33-23-10-9-21(34-12-14-39-15-13-34)17-22(23)30(37)35(31)18-20-8-11-26-27(16-20)41-19-40-26/h4-11,16-17,28H,3,12-15,18-19H2,1-2H3,(H,32,36)/t28-/m0/s1. The van der Waals surface area contributed by atoms with Crippen molar-refractivity contribution < 1.29 is 23.7 Å². The number of amides is 1. The topological polar surface area (TPSA) is 104 Å². The molecule has 11 heteroatoms. The molecule has 2 aliphatic heterocycles. The molecule has 1 atom stereocenters. The van der Waals surface area contributed by atoms with E-state index in [1.807, 2.05) is 55.5 Å². The van der Waals surface area contributed by atoms with Crippen LogP contribution < -0.4 is 30.0 Å². The second-order valence-corrected chi connectivity index (χ2v) is 11.1. The van der Waals surface area contributed by atoms with E-state index in [1.54, 1.807) is 23.8 Å². The molecule has 218 valence electrons. The van der Waals surface area contributed by atoms with E-state index in [1.165, 1.54) is 11.8 Å². The number of para-hydroxylation sites is 2. The molecule has 0 aliphatic carbocycles. The van der Waals surface area contributed by atoms with Gasteiger partial charge in [-0.2, -0.15) is 0 Å². The van der Waals surface area contributed by atoms with Crippen LogP contribution in [0.3, 0.4) is 0 Å². The van der Waals surface area contributed by atoms with Crippen molar-refractivity contribution in [3.05, 3.63) is 76.6 Å². The first-order valence-corrected chi connectivity index (χ1v) is 14.8. The molecule has 3 heterocycles. The Morgan fingerprint density at radius 2 is 1.88 bits per heavy atom. The van der Waals surface area contributed by atoms with Crippen LogP contribution in [-0.4, -0.2) is 60.9 Å². The van der Waals surface area contributed by atoms with E-state index in [0.29, 0.717) is 58.6 Å². The molecule has 6 rings (SSSR count). The van der Waals surface area contributed by atoms with Crippen LogP contribution in [-0.2, 0) is 16.1 Å². The van der Waals surface area contributed by atoms with Crippen molar-refractivity contribution in [1.29, 1.82) is 0 Å². The van der Waals surface area contributed by atoms with Gasteiger partial charge in [0.2, 0.25) is 12.7 Å². The molecule has 1 saturated heterocycles. The summed E-state index contributed by atoms with van der Waals surface area (Å²) in [5, 5.41) is 3.46. The first-order valence-electron chi connectivity index (χ1n) is 13.9. The van der Waals surface area contributed by atoms with Crippen LogP contribution in [0.15, 0.2) is 70.6 Å². The molecule has 1 fully saturated rings. The van der Waals surface area contributed by atoms with Crippen molar-refractivity contribution in [1.82, 2.24) is 9.55 Å². The van der Waals surface area contributed by atoms with Gasteiger partial charge in [-0.3, -0.25) is 14.2 Å². The highest BCUT2D eigenvalue weighted by Gasteiger charge is 2.24. The number of benzene rings is 3. The minimum absolute atomic E-state index is 0.168. The highest BCUT2D eigenvalue weighted by atomic mass is 32.2. The average Bonchev–Trinajstić information content (AvgIpc) is 3.50. The summed E-state index contributed by atoms with van der Waals surface area (Å²) in [6.07, 6.45) is 0.527. The van der Waals surface area contributed by atoms with Gasteiger partial charge in [0.15, 0.2) is 16.7 Å². The molecule has 1 aromatic heterocycles. The van der Waals surface area contributed by atoms with Crippen LogP contribution in [0, 0.1) is 0 Å². The van der Waals surface area contributed by atoms with Gasteiger partial charge in [0.25, 0.3) is 5.56 Å². The van der Waals surface area contributed by atoms with Crippen molar-refractivity contribution in [2.45, 2.75) is 30.3 Å². The first kappa shape index (κ1) is 27.9. The van der Waals surface area contributed by atoms with Crippen LogP contribution in [0.4, 0.5) is 11.4 Å². The van der Waals surface area contributed by atoms with Crippen molar-refractivity contribution in [3.63, 3.8) is 0 Å². The Kier molecular flexibility index (Phi) is 8.20. The van der Waals surface area contributed by atoms with E-state index in [9.17, 15) is 9.59 Å². The summed E-state index contributed by atoms with van der Waals surface area (Å²) >= 11 is 1.28. The van der Waals surface area contributed by atoms with Gasteiger partial charge in [-0.05, 0) is 54.4 Å². The van der Waals surface area contributed by atoms with Gasteiger partial charge >= 0.3 is 0 Å². The molecule has 0 radical (unpaired) electrons. The molecule has 0 spiro atoms. The number of carbonyl (C=O) groups excluding carboxylic acids is 1. The van der Waals surface area contributed by atoms with Crippen molar-refractivity contribution in [3.8, 4) is 17.2 Å². The lowest BCUT2D eigenvalue weighted by Crippen LogP contribution is -2.36. The molecule has 1 amide bonds. The van der Waals surface area contributed by atoms with Crippen molar-refractivity contribution in [2.24, 2.45) is 0 Å². The zero-order valence-corrected chi connectivity index (χ0v) is 24.3. The molecule has 1 N–H and O–H groups in total. The quantitative estimate of drug-likeness (QED) is 0.223. The smallest absolute Gasteiger partial charge is 0.262 e. The Labute approximate surface area is 247 Å². The number of aromatic nitrogens is 2. The molecule has 0 bridgehead atoms. The third-order valence-electron chi connectivity index (χ3n) is 7.33. The summed E-state index contributed by atoms with van der Waals surface area (Å²) < 4.78 is 23.6. The number of anilines is 2. The molecule has 3 aromatic carbocycles. The van der Waals surface area contributed by atoms with Crippen LogP contribution in [0.5, 0.6) is 17.2 Å². The van der Waals surface area contributed by atoms with Gasteiger partial charge in [0, 0.05) is 18.8 Å². The number of fused-ring (bicyclic) bond motifs is 2. The maximum atomic E-state index is 14.1. The number of rotatable bonds is 9. The number of nitrogens with zero attached hydrogens (tertiary/aromatic N) is 3. The highest BCUT2D eigenvalue weighted by Crippen LogP contribution is 2.34. The molecular formula is C31H32N4O6S. The summed E-state index contributed by atoms with van der Waals surface area (Å²) in [6.45, 7) is 5.18. The summed E-state index contributed by atoms with van der Waals surface area (Å²) in [4.78, 5) is 34.7. The molecule has 2 aliphatic rings. The molecular weight excluding hydrogens is 556 g/mol. The summed E-state index contributed by atoms with van der Waals surface area (Å²) in [5.41, 5.74) is 2.82. The van der Waals surface area contributed by atoms with Crippen LogP contribution in [0.2, 0.25) is 0 Å². The molecule has 0 saturated carbocycles. The van der Waals surface area contributed by atoms with Crippen LogP contribution >= 0.6 is 11.8 Å². The van der Waals surface area contributed by atoms with Crippen molar-refractivity contribution >= 4 is 39.9 Å². The van der Waals surface area contributed by atoms with Gasteiger partial charge in [-0.1, -0.05) is 36.9 Å². The van der Waals surface area contributed by atoms with E-state index in [4.69, 9.17) is 23.9 Å². The Morgan fingerprint density at radius 3 is 2.69 bits per heavy atom. The van der Waals surface area contributed by atoms with E-state index in [-0.39, 0.29) is 24.8 Å². The monoisotopic (exact) mass is 588 g/mol. The van der Waals surface area contributed by atoms with Crippen LogP contribution in [0.25, 0.3) is 10.9 Å². The molecule has 0 unspecified atom stereocenters. The number of carbonyl (C=O) groups is 1. The lowest BCUT2D eigenvalue weighted by molar-refractivity contribution is -0.115. The average molecular weight is 589 g/mol. The fourth-order valence-corrected chi connectivity index (χ4v) is 6.08. The van der Waals surface area contributed by atoms with E-state index in [0.717, 1.165) is 24.3 Å². The van der Waals surface area contributed by atoms with E-state index >= 15 is 0 Å². The Morgan fingerprint density at radius 1 is 1.07 bits per heavy atom. The Hall–Kier alpha value is -4.22. The fourth-order valence-electron chi connectivity index (χ4n) is 5.07. The van der Waals surface area contributed by atoms with Crippen LogP contribution in [0.1, 0.15) is 18.9 Å². The summed E-state index contributed by atoms with van der Waals surface area (Å²) in [6, 6.07) is 18.7. The third kappa shape index (κ3) is 5.75. The lowest BCUT2D eigenvalue weighted by atomic mass is 10.1. The normalized spacial score (nSPS) is 15.0. The number of morpholine rings is 1. The predicted octanol–water partition coefficient (Wildman–Crippen LogP) is 4.53. The summed E-state index contributed by atoms with van der Waals surface area (Å²) in [7, 11) is 1.56.